The number of nitrogens with two attached hydrogens (primary N) is 1. The molecule has 2 heterocycles. The third-order valence-corrected chi connectivity index (χ3v) is 5.47. The number of hydrogen-bond acceptors (Lipinski definition) is 6. The van der Waals surface area contributed by atoms with E-state index in [2.05, 4.69) is 5.32 Å². The average molecular weight is 354 g/mol. The number of ether oxygens (including phenoxy) is 1. The molecule has 2 rings (SSSR count). The highest BCUT2D eigenvalue weighted by Crippen LogP contribution is 2.28. The second kappa shape index (κ2) is 8.06. The van der Waals surface area contributed by atoms with Gasteiger partial charge in [0, 0.05) is 38.2 Å². The molecular formula is C16H26N4O3S. The van der Waals surface area contributed by atoms with Crippen molar-refractivity contribution in [3.8, 4) is 0 Å². The van der Waals surface area contributed by atoms with E-state index >= 15 is 0 Å². The summed E-state index contributed by atoms with van der Waals surface area (Å²) in [6.45, 7) is 8.33. The van der Waals surface area contributed by atoms with Crippen LogP contribution in [0.3, 0.4) is 0 Å². The molecule has 0 amide bonds. The quantitative estimate of drug-likeness (QED) is 0.679. The van der Waals surface area contributed by atoms with Crippen molar-refractivity contribution in [2.24, 2.45) is 5.73 Å². The van der Waals surface area contributed by atoms with Crippen molar-refractivity contribution in [1.82, 2.24) is 14.5 Å². The maximum atomic E-state index is 12.7. The lowest BCUT2D eigenvalue weighted by Crippen LogP contribution is -2.40. The molecule has 24 heavy (non-hydrogen) atoms. The van der Waals surface area contributed by atoms with E-state index in [4.69, 9.17) is 10.5 Å². The zero-order valence-electron chi connectivity index (χ0n) is 14.7. The van der Waals surface area contributed by atoms with Crippen LogP contribution in [0.4, 0.5) is 0 Å². The van der Waals surface area contributed by atoms with Gasteiger partial charge in [0.15, 0.2) is 0 Å². The fourth-order valence-corrected chi connectivity index (χ4v) is 3.95. The van der Waals surface area contributed by atoms with Gasteiger partial charge in [-0.1, -0.05) is 0 Å². The minimum atomic E-state index is -0.276. The van der Waals surface area contributed by atoms with Crippen LogP contribution in [0.2, 0.25) is 0 Å². The lowest BCUT2D eigenvalue weighted by atomic mass is 10.2. The normalized spacial score (nSPS) is 12.9. The smallest absolute Gasteiger partial charge is 0.332 e. The number of rotatable bonds is 8. The second-order valence-electron chi connectivity index (χ2n) is 5.78. The molecule has 0 saturated heterocycles. The van der Waals surface area contributed by atoms with Gasteiger partial charge in [-0.2, -0.15) is 0 Å². The van der Waals surface area contributed by atoms with Crippen LogP contribution in [0, 0.1) is 6.92 Å². The topological polar surface area (TPSA) is 91.3 Å². The highest BCUT2D eigenvalue weighted by Gasteiger charge is 2.20. The minimum Gasteiger partial charge on any atom is -0.380 e. The van der Waals surface area contributed by atoms with Crippen molar-refractivity contribution < 1.29 is 4.74 Å². The highest BCUT2D eigenvalue weighted by molar-refractivity contribution is 7.18. The second-order valence-corrected chi connectivity index (χ2v) is 6.87. The van der Waals surface area contributed by atoms with Crippen molar-refractivity contribution in [2.45, 2.75) is 46.5 Å². The molecule has 0 aliphatic carbocycles. The molecule has 7 nitrogen and oxygen atoms in total. The van der Waals surface area contributed by atoms with Crippen LogP contribution in [0.5, 0.6) is 0 Å². The summed E-state index contributed by atoms with van der Waals surface area (Å²) in [5.41, 5.74) is 5.96. The fourth-order valence-electron chi connectivity index (χ4n) is 2.68. The molecule has 0 bridgehead atoms. The van der Waals surface area contributed by atoms with E-state index in [0.717, 1.165) is 15.3 Å². The predicted octanol–water partition coefficient (Wildman–Crippen LogP) is 0.636. The summed E-state index contributed by atoms with van der Waals surface area (Å²) in [5, 5.41) is 3.89. The zero-order chi connectivity index (χ0) is 17.9. The first-order chi connectivity index (χ1) is 11.5. The SMILES string of the molecule is CCn1c(=O)c2c(C)c(CNCCN)sc2n(CC(C)OC)c1=O. The van der Waals surface area contributed by atoms with Gasteiger partial charge in [-0.15, -0.1) is 11.3 Å². The molecule has 0 spiro atoms. The molecule has 0 fully saturated rings. The highest BCUT2D eigenvalue weighted by atomic mass is 32.1. The van der Waals surface area contributed by atoms with E-state index in [1.807, 2.05) is 20.8 Å². The molecule has 134 valence electrons. The van der Waals surface area contributed by atoms with Gasteiger partial charge >= 0.3 is 5.69 Å². The maximum absolute atomic E-state index is 12.7. The van der Waals surface area contributed by atoms with E-state index in [1.165, 1.54) is 15.9 Å². The van der Waals surface area contributed by atoms with Gasteiger partial charge in [-0.3, -0.25) is 13.9 Å². The van der Waals surface area contributed by atoms with Gasteiger partial charge in [0.25, 0.3) is 5.56 Å². The lowest BCUT2D eigenvalue weighted by Gasteiger charge is -2.14. The van der Waals surface area contributed by atoms with E-state index in [1.54, 1.807) is 11.7 Å². The Hall–Kier alpha value is -1.48. The number of thiophene rings is 1. The third-order valence-electron chi connectivity index (χ3n) is 4.16. The largest absolute Gasteiger partial charge is 0.380 e. The number of fused-ring (bicyclic) bond motifs is 1. The molecule has 0 aromatic carbocycles. The molecule has 0 aliphatic heterocycles. The van der Waals surface area contributed by atoms with Gasteiger partial charge in [-0.05, 0) is 26.3 Å². The summed E-state index contributed by atoms with van der Waals surface area (Å²) in [6.07, 6.45) is -0.116. The first-order valence-corrected chi connectivity index (χ1v) is 8.97. The van der Waals surface area contributed by atoms with Crippen molar-refractivity contribution in [2.75, 3.05) is 20.2 Å². The summed E-state index contributed by atoms with van der Waals surface area (Å²) in [7, 11) is 1.62. The Morgan fingerprint density at radius 2 is 2.04 bits per heavy atom. The monoisotopic (exact) mass is 354 g/mol. The van der Waals surface area contributed by atoms with E-state index in [-0.39, 0.29) is 17.4 Å². The zero-order valence-corrected chi connectivity index (χ0v) is 15.5. The summed E-state index contributed by atoms with van der Waals surface area (Å²) in [5.74, 6) is 0. The van der Waals surface area contributed by atoms with Crippen LogP contribution < -0.4 is 22.3 Å². The molecule has 2 aromatic heterocycles. The molecule has 8 heteroatoms. The molecule has 2 aromatic rings. The summed E-state index contributed by atoms with van der Waals surface area (Å²) in [6, 6.07) is 0. The van der Waals surface area contributed by atoms with Crippen molar-refractivity contribution in [3.05, 3.63) is 31.3 Å². The number of aromatic nitrogens is 2. The van der Waals surface area contributed by atoms with Crippen LogP contribution in [0.25, 0.3) is 10.2 Å². The van der Waals surface area contributed by atoms with Gasteiger partial charge in [0.05, 0.1) is 18.0 Å². The molecule has 0 saturated carbocycles. The van der Waals surface area contributed by atoms with Crippen LogP contribution in [0.1, 0.15) is 24.3 Å². The maximum Gasteiger partial charge on any atom is 0.332 e. The Morgan fingerprint density at radius 3 is 2.62 bits per heavy atom. The van der Waals surface area contributed by atoms with Gasteiger partial charge < -0.3 is 15.8 Å². The minimum absolute atomic E-state index is 0.116. The summed E-state index contributed by atoms with van der Waals surface area (Å²) >= 11 is 1.49. The van der Waals surface area contributed by atoms with E-state index in [0.29, 0.717) is 38.1 Å². The summed E-state index contributed by atoms with van der Waals surface area (Å²) in [4.78, 5) is 27.2. The Morgan fingerprint density at radius 1 is 1.33 bits per heavy atom. The number of nitrogens with zero attached hydrogens (tertiary/aromatic N) is 2. The van der Waals surface area contributed by atoms with Gasteiger partial charge in [-0.25, -0.2) is 4.79 Å². The Bertz CT molecular complexity index is 821. The van der Waals surface area contributed by atoms with Crippen molar-refractivity contribution >= 4 is 21.6 Å². The Kier molecular flexibility index (Phi) is 6.34. The van der Waals surface area contributed by atoms with Crippen LogP contribution in [-0.2, 0) is 24.4 Å². The number of hydrogen-bond donors (Lipinski definition) is 2. The molecule has 1 atom stereocenters. The molecule has 0 radical (unpaired) electrons. The third kappa shape index (κ3) is 3.46. The van der Waals surface area contributed by atoms with Crippen molar-refractivity contribution in [1.29, 1.82) is 0 Å². The average Bonchev–Trinajstić information content (AvgIpc) is 2.89. The summed E-state index contributed by atoms with van der Waals surface area (Å²) < 4.78 is 8.27. The standard InChI is InChI=1S/C16H26N4O3S/c1-5-19-14(21)13-11(3)12(8-18-7-6-17)24-15(13)20(16(19)22)9-10(2)23-4/h10,18H,5-9,17H2,1-4H3. The molecular weight excluding hydrogens is 328 g/mol. The van der Waals surface area contributed by atoms with Crippen LogP contribution in [-0.4, -0.2) is 35.4 Å². The predicted molar refractivity (Wildman–Crippen MR) is 98.0 cm³/mol. The number of aryl methyl sites for hydroxylation is 1. The Labute approximate surface area is 145 Å². The molecule has 0 aliphatic rings. The van der Waals surface area contributed by atoms with Crippen LogP contribution in [0.15, 0.2) is 9.59 Å². The number of nitrogens with one attached hydrogen (secondary N) is 1. The molecule has 1 unspecified atom stereocenters. The van der Waals surface area contributed by atoms with Gasteiger partial charge in [0.1, 0.15) is 4.83 Å². The van der Waals surface area contributed by atoms with E-state index in [9.17, 15) is 9.59 Å². The van der Waals surface area contributed by atoms with E-state index < -0.39 is 0 Å². The molecule has 3 N–H and O–H groups in total. The van der Waals surface area contributed by atoms with Gasteiger partial charge in [0.2, 0.25) is 0 Å². The van der Waals surface area contributed by atoms with Crippen LogP contribution >= 0.6 is 11.3 Å². The lowest BCUT2D eigenvalue weighted by molar-refractivity contribution is 0.103. The van der Waals surface area contributed by atoms with Crippen molar-refractivity contribution in [3.63, 3.8) is 0 Å². The fraction of sp³-hybridized carbons (Fsp3) is 0.625. The first kappa shape index (κ1) is 18.9. The first-order valence-electron chi connectivity index (χ1n) is 8.15. The Balaban J connectivity index is 2.67. The number of methoxy groups -OCH3 is 1.